The van der Waals surface area contributed by atoms with Gasteiger partial charge in [0.2, 0.25) is 0 Å². The third-order valence-corrected chi connectivity index (χ3v) is 3.95. The summed E-state index contributed by atoms with van der Waals surface area (Å²) in [5.41, 5.74) is 0.210. The second kappa shape index (κ2) is 4.80. The molecular formula is C14H18Cl2FNO. The van der Waals surface area contributed by atoms with Crippen molar-refractivity contribution in [1.29, 1.82) is 0 Å². The molecule has 1 aromatic rings. The molecule has 0 aromatic heterocycles. The third-order valence-electron chi connectivity index (χ3n) is 3.40. The largest absolute Gasteiger partial charge is 0.379 e. The van der Waals surface area contributed by atoms with Gasteiger partial charge in [0.1, 0.15) is 0 Å². The average molecular weight is 306 g/mol. The minimum atomic E-state index is -0.587. The van der Waals surface area contributed by atoms with Crippen LogP contribution >= 0.6 is 23.2 Å². The first kappa shape index (κ1) is 14.9. The molecule has 2 nitrogen and oxygen atoms in total. The third kappa shape index (κ3) is 3.15. The molecule has 0 radical (unpaired) electrons. The lowest BCUT2D eigenvalue weighted by molar-refractivity contribution is -0.0662. The molecule has 1 fully saturated rings. The summed E-state index contributed by atoms with van der Waals surface area (Å²) in [7, 11) is 0. The first-order valence-corrected chi connectivity index (χ1v) is 6.97. The molecule has 2 rings (SSSR count). The highest BCUT2D eigenvalue weighted by molar-refractivity contribution is 6.35. The fourth-order valence-corrected chi connectivity index (χ4v) is 3.11. The summed E-state index contributed by atoms with van der Waals surface area (Å²) < 4.78 is 19.4. The molecule has 0 saturated carbocycles. The van der Waals surface area contributed by atoms with E-state index in [4.69, 9.17) is 27.9 Å². The van der Waals surface area contributed by atoms with Crippen molar-refractivity contribution in [3.8, 4) is 0 Å². The first-order valence-electron chi connectivity index (χ1n) is 6.22. The van der Waals surface area contributed by atoms with E-state index in [0.717, 1.165) is 6.42 Å². The van der Waals surface area contributed by atoms with Crippen molar-refractivity contribution in [1.82, 2.24) is 0 Å². The van der Waals surface area contributed by atoms with Gasteiger partial charge in [0, 0.05) is 5.69 Å². The van der Waals surface area contributed by atoms with E-state index in [9.17, 15) is 4.39 Å². The zero-order valence-electron chi connectivity index (χ0n) is 11.5. The Labute approximate surface area is 123 Å². The Hall–Kier alpha value is -0.510. The van der Waals surface area contributed by atoms with Gasteiger partial charge in [-0.2, -0.15) is 0 Å². The molecule has 1 atom stereocenters. The number of hydrogen-bond acceptors (Lipinski definition) is 2. The van der Waals surface area contributed by atoms with Gasteiger partial charge in [-0.05, 0) is 46.2 Å². The Morgan fingerprint density at radius 2 is 1.74 bits per heavy atom. The van der Waals surface area contributed by atoms with Crippen LogP contribution in [0.15, 0.2) is 12.1 Å². The summed E-state index contributed by atoms with van der Waals surface area (Å²) in [6.07, 6.45) is 0.854. The van der Waals surface area contributed by atoms with Crippen molar-refractivity contribution < 1.29 is 9.13 Å². The molecule has 0 bridgehead atoms. The van der Waals surface area contributed by atoms with Crippen molar-refractivity contribution >= 4 is 28.9 Å². The second-order valence-electron chi connectivity index (χ2n) is 6.12. The summed E-state index contributed by atoms with van der Waals surface area (Å²) in [4.78, 5) is 0. The van der Waals surface area contributed by atoms with Gasteiger partial charge in [-0.25, -0.2) is 4.39 Å². The van der Waals surface area contributed by atoms with E-state index in [-0.39, 0.29) is 27.3 Å². The van der Waals surface area contributed by atoms with E-state index in [2.05, 4.69) is 19.2 Å². The van der Waals surface area contributed by atoms with Gasteiger partial charge in [0.25, 0.3) is 0 Å². The lowest BCUT2D eigenvalue weighted by Gasteiger charge is -2.28. The first-order chi connectivity index (χ1) is 8.61. The molecule has 0 aliphatic carbocycles. The van der Waals surface area contributed by atoms with Crippen molar-refractivity contribution in [2.45, 2.75) is 51.4 Å². The Kier molecular flexibility index (Phi) is 3.76. The highest BCUT2D eigenvalue weighted by Gasteiger charge is 2.45. The molecular weight excluding hydrogens is 288 g/mol. The van der Waals surface area contributed by atoms with Crippen LogP contribution < -0.4 is 5.32 Å². The molecule has 1 aliphatic rings. The van der Waals surface area contributed by atoms with Gasteiger partial charge in [-0.15, -0.1) is 0 Å². The highest BCUT2D eigenvalue weighted by atomic mass is 35.5. The van der Waals surface area contributed by atoms with Crippen molar-refractivity contribution in [3.63, 3.8) is 0 Å². The van der Waals surface area contributed by atoms with Crippen LogP contribution in [0.5, 0.6) is 0 Å². The molecule has 0 spiro atoms. The van der Waals surface area contributed by atoms with Gasteiger partial charge in [0.15, 0.2) is 5.82 Å². The molecule has 1 aromatic carbocycles. The number of ether oxygens (including phenoxy) is 1. The van der Waals surface area contributed by atoms with E-state index in [1.54, 1.807) is 12.1 Å². The van der Waals surface area contributed by atoms with Crippen LogP contribution in [0.25, 0.3) is 0 Å². The standard InChI is InChI=1S/C14H18Cl2FNO/c1-13(2)7-11(14(3,4)19-13)18-8-5-9(15)12(17)10(16)6-8/h5-6,11,18H,7H2,1-4H3. The van der Waals surface area contributed by atoms with Crippen LogP contribution in [0, 0.1) is 5.82 Å². The normalized spacial score (nSPS) is 24.5. The molecule has 5 heteroatoms. The zero-order valence-corrected chi connectivity index (χ0v) is 13.0. The predicted octanol–water partition coefficient (Wildman–Crippen LogP) is 4.89. The monoisotopic (exact) mass is 305 g/mol. The lowest BCUT2D eigenvalue weighted by Crippen LogP contribution is -2.38. The fraction of sp³-hybridized carbons (Fsp3) is 0.571. The van der Waals surface area contributed by atoms with E-state index in [0.29, 0.717) is 5.69 Å². The van der Waals surface area contributed by atoms with Crippen LogP contribution in [-0.4, -0.2) is 17.2 Å². The van der Waals surface area contributed by atoms with Crippen molar-refractivity contribution in [2.75, 3.05) is 5.32 Å². The Morgan fingerprint density at radius 3 is 2.16 bits per heavy atom. The van der Waals surface area contributed by atoms with E-state index in [1.165, 1.54) is 0 Å². The maximum atomic E-state index is 13.4. The SMILES string of the molecule is CC1(C)CC(Nc2cc(Cl)c(F)c(Cl)c2)C(C)(C)O1. The minimum Gasteiger partial charge on any atom is -0.379 e. The molecule has 19 heavy (non-hydrogen) atoms. The Morgan fingerprint density at radius 1 is 1.21 bits per heavy atom. The van der Waals surface area contributed by atoms with Gasteiger partial charge < -0.3 is 10.1 Å². The molecule has 106 valence electrons. The number of benzene rings is 1. The maximum absolute atomic E-state index is 13.4. The van der Waals surface area contributed by atoms with Crippen LogP contribution in [0.3, 0.4) is 0 Å². The molecule has 1 N–H and O–H groups in total. The van der Waals surface area contributed by atoms with E-state index >= 15 is 0 Å². The summed E-state index contributed by atoms with van der Waals surface area (Å²) in [5, 5.41) is 3.37. The number of halogens is 3. The minimum absolute atomic E-state index is 0.0194. The number of rotatable bonds is 2. The van der Waals surface area contributed by atoms with Crippen LogP contribution in [0.2, 0.25) is 10.0 Å². The quantitative estimate of drug-likeness (QED) is 0.785. The van der Waals surface area contributed by atoms with Crippen LogP contribution in [-0.2, 0) is 4.74 Å². The number of anilines is 1. The number of nitrogens with one attached hydrogen (secondary N) is 1. The van der Waals surface area contributed by atoms with Crippen LogP contribution in [0.4, 0.5) is 10.1 Å². The second-order valence-corrected chi connectivity index (χ2v) is 6.93. The molecule has 0 amide bonds. The molecule has 1 heterocycles. The van der Waals surface area contributed by atoms with Gasteiger partial charge in [-0.3, -0.25) is 0 Å². The average Bonchev–Trinajstić information content (AvgIpc) is 2.43. The maximum Gasteiger partial charge on any atom is 0.160 e. The van der Waals surface area contributed by atoms with Crippen LogP contribution in [0.1, 0.15) is 34.1 Å². The molecule has 1 unspecified atom stereocenters. The van der Waals surface area contributed by atoms with Gasteiger partial charge in [0.05, 0.1) is 27.3 Å². The zero-order chi connectivity index (χ0) is 14.4. The summed E-state index contributed by atoms with van der Waals surface area (Å²) >= 11 is 11.6. The number of hydrogen-bond donors (Lipinski definition) is 1. The predicted molar refractivity (Wildman–Crippen MR) is 77.7 cm³/mol. The smallest absolute Gasteiger partial charge is 0.160 e. The van der Waals surface area contributed by atoms with Gasteiger partial charge >= 0.3 is 0 Å². The van der Waals surface area contributed by atoms with Crippen molar-refractivity contribution in [3.05, 3.63) is 28.0 Å². The summed E-state index contributed by atoms with van der Waals surface area (Å²) in [6.45, 7) is 8.18. The summed E-state index contributed by atoms with van der Waals surface area (Å²) in [6, 6.07) is 3.20. The Bertz CT molecular complexity index is 479. The van der Waals surface area contributed by atoms with E-state index in [1.807, 2.05) is 13.8 Å². The molecule has 1 aliphatic heterocycles. The highest BCUT2D eigenvalue weighted by Crippen LogP contribution is 2.39. The summed E-state index contributed by atoms with van der Waals surface area (Å²) in [5.74, 6) is -0.587. The van der Waals surface area contributed by atoms with Crippen molar-refractivity contribution in [2.24, 2.45) is 0 Å². The lowest BCUT2D eigenvalue weighted by atomic mass is 9.94. The Balaban J connectivity index is 2.22. The fourth-order valence-electron chi connectivity index (χ4n) is 2.63. The van der Waals surface area contributed by atoms with Gasteiger partial charge in [-0.1, -0.05) is 23.2 Å². The molecule has 1 saturated heterocycles. The topological polar surface area (TPSA) is 21.3 Å². The van der Waals surface area contributed by atoms with E-state index < -0.39 is 5.82 Å².